The summed E-state index contributed by atoms with van der Waals surface area (Å²) in [5.41, 5.74) is 5.75. The Balaban J connectivity index is 1.79. The predicted octanol–water partition coefficient (Wildman–Crippen LogP) is 5.83. The van der Waals surface area contributed by atoms with Gasteiger partial charge in [0.05, 0.1) is 11.4 Å². The highest BCUT2D eigenvalue weighted by atomic mass is 16.4. The smallest absolute Gasteiger partial charge is 0.336 e. The average Bonchev–Trinajstić information content (AvgIpc) is 3.19. The normalized spacial score (nSPS) is 11.1. The van der Waals surface area contributed by atoms with Crippen LogP contribution in [-0.4, -0.2) is 9.97 Å². The van der Waals surface area contributed by atoms with Gasteiger partial charge in [-0.05, 0) is 18.6 Å². The number of imidazole rings is 1. The third-order valence-corrected chi connectivity index (χ3v) is 4.97. The minimum Gasteiger partial charge on any atom is -0.423 e. The first kappa shape index (κ1) is 17.2. The summed E-state index contributed by atoms with van der Waals surface area (Å²) < 4.78 is 5.41. The first-order chi connectivity index (χ1) is 14.2. The Bertz CT molecular complexity index is 1310. The first-order valence-corrected chi connectivity index (χ1v) is 9.45. The van der Waals surface area contributed by atoms with Gasteiger partial charge >= 0.3 is 5.63 Å². The van der Waals surface area contributed by atoms with E-state index in [1.165, 1.54) is 6.07 Å². The van der Waals surface area contributed by atoms with Crippen LogP contribution in [0.4, 0.5) is 0 Å². The molecule has 0 radical (unpaired) electrons. The summed E-state index contributed by atoms with van der Waals surface area (Å²) in [5.74, 6) is 0.643. The number of hydrogen-bond donors (Lipinski definition) is 1. The second-order valence-corrected chi connectivity index (χ2v) is 7.02. The number of rotatable bonds is 3. The lowest BCUT2D eigenvalue weighted by atomic mass is 10.1. The standard InChI is InChI=1S/C25H18N2O2/c1-16-12-13-19-20(15-22(28)29-21(19)14-16)25-26-23(17-8-4-2-5-9-17)24(27-25)18-10-6-3-7-11-18/h2-15H,1H3,(H,26,27). The molecule has 0 atom stereocenters. The van der Waals surface area contributed by atoms with Gasteiger partial charge in [-0.1, -0.05) is 72.8 Å². The van der Waals surface area contributed by atoms with Crippen molar-refractivity contribution in [2.45, 2.75) is 6.92 Å². The Hall–Kier alpha value is -3.92. The zero-order valence-corrected chi connectivity index (χ0v) is 15.8. The lowest BCUT2D eigenvalue weighted by molar-refractivity contribution is 0.561. The van der Waals surface area contributed by atoms with E-state index in [1.54, 1.807) is 0 Å². The molecule has 0 saturated carbocycles. The van der Waals surface area contributed by atoms with E-state index in [2.05, 4.69) is 4.98 Å². The molecule has 2 aromatic heterocycles. The van der Waals surface area contributed by atoms with E-state index in [4.69, 9.17) is 9.40 Å². The Morgan fingerprint density at radius 3 is 2.24 bits per heavy atom. The van der Waals surface area contributed by atoms with Gasteiger partial charge in [-0.15, -0.1) is 0 Å². The Morgan fingerprint density at radius 1 is 0.828 bits per heavy atom. The highest BCUT2D eigenvalue weighted by Gasteiger charge is 2.17. The number of hydrogen-bond acceptors (Lipinski definition) is 3. The molecule has 0 fully saturated rings. The van der Waals surface area contributed by atoms with Gasteiger partial charge in [-0.3, -0.25) is 0 Å². The van der Waals surface area contributed by atoms with Gasteiger partial charge in [0, 0.05) is 28.1 Å². The van der Waals surface area contributed by atoms with Crippen LogP contribution < -0.4 is 5.63 Å². The molecule has 0 amide bonds. The van der Waals surface area contributed by atoms with Crippen molar-refractivity contribution in [3.8, 4) is 33.9 Å². The van der Waals surface area contributed by atoms with Crippen LogP contribution in [0.5, 0.6) is 0 Å². The maximum Gasteiger partial charge on any atom is 0.336 e. The van der Waals surface area contributed by atoms with E-state index in [0.29, 0.717) is 11.4 Å². The first-order valence-electron chi connectivity index (χ1n) is 9.45. The number of H-pyrrole nitrogens is 1. The second kappa shape index (κ2) is 6.91. The fourth-order valence-electron chi connectivity index (χ4n) is 3.59. The molecule has 1 N–H and O–H groups in total. The van der Waals surface area contributed by atoms with Crippen molar-refractivity contribution in [1.82, 2.24) is 9.97 Å². The number of aromatic amines is 1. The molecule has 0 spiro atoms. The molecule has 3 aromatic carbocycles. The minimum atomic E-state index is -0.392. The molecule has 5 aromatic rings. The number of aromatic nitrogens is 2. The van der Waals surface area contributed by atoms with E-state index in [1.807, 2.05) is 85.8 Å². The average molecular weight is 378 g/mol. The van der Waals surface area contributed by atoms with Crippen molar-refractivity contribution in [3.05, 3.63) is 101 Å². The molecule has 0 saturated heterocycles. The molecule has 0 aliphatic rings. The summed E-state index contributed by atoms with van der Waals surface area (Å²) in [7, 11) is 0. The monoisotopic (exact) mass is 378 g/mol. The molecule has 0 aliphatic heterocycles. The number of nitrogens with zero attached hydrogens (tertiary/aromatic N) is 1. The minimum absolute atomic E-state index is 0.392. The maximum atomic E-state index is 12.2. The third-order valence-electron chi connectivity index (χ3n) is 4.97. The number of benzene rings is 3. The van der Waals surface area contributed by atoms with Crippen LogP contribution in [-0.2, 0) is 0 Å². The molecule has 0 bridgehead atoms. The maximum absolute atomic E-state index is 12.2. The van der Waals surface area contributed by atoms with Gasteiger partial charge in [0.15, 0.2) is 0 Å². The summed E-state index contributed by atoms with van der Waals surface area (Å²) in [6.07, 6.45) is 0. The van der Waals surface area contributed by atoms with E-state index in [0.717, 1.165) is 39.0 Å². The molecule has 2 heterocycles. The van der Waals surface area contributed by atoms with E-state index >= 15 is 0 Å². The van der Waals surface area contributed by atoms with Crippen molar-refractivity contribution in [1.29, 1.82) is 0 Å². The molecule has 5 rings (SSSR count). The second-order valence-electron chi connectivity index (χ2n) is 7.02. The van der Waals surface area contributed by atoms with Crippen LogP contribution in [0, 0.1) is 6.92 Å². The highest BCUT2D eigenvalue weighted by molar-refractivity contribution is 5.93. The highest BCUT2D eigenvalue weighted by Crippen LogP contribution is 2.34. The van der Waals surface area contributed by atoms with Crippen LogP contribution in [0.2, 0.25) is 0 Å². The lowest BCUT2D eigenvalue weighted by Gasteiger charge is -2.03. The van der Waals surface area contributed by atoms with Gasteiger partial charge in [-0.2, -0.15) is 0 Å². The summed E-state index contributed by atoms with van der Waals surface area (Å²) in [4.78, 5) is 20.6. The molecular formula is C25H18N2O2. The Labute approximate surface area is 167 Å². The predicted molar refractivity (Wildman–Crippen MR) is 116 cm³/mol. The quantitative estimate of drug-likeness (QED) is 0.402. The largest absolute Gasteiger partial charge is 0.423 e. The molecule has 0 unspecified atom stereocenters. The van der Waals surface area contributed by atoms with Gasteiger partial charge in [0.1, 0.15) is 11.4 Å². The summed E-state index contributed by atoms with van der Waals surface area (Å²) in [6, 6.07) is 27.5. The molecule has 29 heavy (non-hydrogen) atoms. The van der Waals surface area contributed by atoms with Gasteiger partial charge < -0.3 is 9.40 Å². The van der Waals surface area contributed by atoms with E-state index in [-0.39, 0.29) is 0 Å². The number of fused-ring (bicyclic) bond motifs is 1. The molecule has 140 valence electrons. The van der Waals surface area contributed by atoms with Crippen LogP contribution in [0.25, 0.3) is 44.9 Å². The van der Waals surface area contributed by atoms with Crippen molar-refractivity contribution in [3.63, 3.8) is 0 Å². The summed E-state index contributed by atoms with van der Waals surface area (Å²) in [5, 5.41) is 0.850. The molecular weight excluding hydrogens is 360 g/mol. The van der Waals surface area contributed by atoms with Crippen LogP contribution in [0.15, 0.2) is 94.1 Å². The SMILES string of the molecule is Cc1ccc2c(-c3nc(-c4ccccc4)c(-c4ccccc4)[nH]3)cc(=O)oc2c1. The van der Waals surface area contributed by atoms with E-state index < -0.39 is 5.63 Å². The molecule has 4 nitrogen and oxygen atoms in total. The van der Waals surface area contributed by atoms with Crippen molar-refractivity contribution in [2.24, 2.45) is 0 Å². The fraction of sp³-hybridized carbons (Fsp3) is 0.0400. The summed E-state index contributed by atoms with van der Waals surface area (Å²) >= 11 is 0. The van der Waals surface area contributed by atoms with Crippen molar-refractivity contribution >= 4 is 11.0 Å². The van der Waals surface area contributed by atoms with Crippen LogP contribution >= 0.6 is 0 Å². The van der Waals surface area contributed by atoms with Gasteiger partial charge in [-0.25, -0.2) is 9.78 Å². The third kappa shape index (κ3) is 3.15. The number of aryl methyl sites for hydroxylation is 1. The van der Waals surface area contributed by atoms with Crippen molar-refractivity contribution < 1.29 is 4.42 Å². The topological polar surface area (TPSA) is 58.9 Å². The van der Waals surface area contributed by atoms with E-state index in [9.17, 15) is 4.79 Å². The number of nitrogens with one attached hydrogen (secondary N) is 1. The Kier molecular flexibility index (Phi) is 4.10. The van der Waals surface area contributed by atoms with Crippen LogP contribution in [0.3, 0.4) is 0 Å². The van der Waals surface area contributed by atoms with Gasteiger partial charge in [0.25, 0.3) is 0 Å². The van der Waals surface area contributed by atoms with Crippen LogP contribution in [0.1, 0.15) is 5.56 Å². The zero-order chi connectivity index (χ0) is 19.8. The van der Waals surface area contributed by atoms with Crippen molar-refractivity contribution in [2.75, 3.05) is 0 Å². The fourth-order valence-corrected chi connectivity index (χ4v) is 3.59. The van der Waals surface area contributed by atoms with Gasteiger partial charge in [0.2, 0.25) is 0 Å². The summed E-state index contributed by atoms with van der Waals surface area (Å²) in [6.45, 7) is 1.97. The molecule has 4 heteroatoms. The lowest BCUT2D eigenvalue weighted by Crippen LogP contribution is -1.99. The Morgan fingerprint density at radius 2 is 1.52 bits per heavy atom. The molecule has 0 aliphatic carbocycles. The zero-order valence-electron chi connectivity index (χ0n) is 15.8.